The van der Waals surface area contributed by atoms with Crippen LogP contribution in [0.5, 0.6) is 0 Å². The number of carbonyl (C=O) groups is 1. The number of anilines is 1. The number of fused-ring (bicyclic) bond motifs is 1. The number of hydrogen-bond donors (Lipinski definition) is 1. The summed E-state index contributed by atoms with van der Waals surface area (Å²) in [7, 11) is -1.56. The standard InChI is InChI=1S/C28H26FN7O2S.H2O/c1-19-7-9-21(10-8-19)36-26(32-28(37)22-18-31-35-14-4-13-30-27(22)35)17-24(33-36)20-11-15-34(16-12-20)39(38)25-6-3-2-5-23(25)29;/h2-10,13-14,17-18,20H,11-12,15-16H2,1H3,(H,32,37);1H2. The molecule has 3 aromatic heterocycles. The van der Waals surface area contributed by atoms with Crippen molar-refractivity contribution in [1.29, 1.82) is 0 Å². The fraction of sp³-hybridized carbons (Fsp3) is 0.214. The van der Waals surface area contributed by atoms with Crippen molar-refractivity contribution >= 4 is 28.4 Å². The second-order valence-corrected chi connectivity index (χ2v) is 10.9. The quantitative estimate of drug-likeness (QED) is 0.338. The van der Waals surface area contributed by atoms with Crippen LogP contribution in [0.15, 0.2) is 84.1 Å². The Kier molecular flexibility index (Phi) is 7.83. The van der Waals surface area contributed by atoms with Crippen molar-refractivity contribution in [3.05, 3.63) is 102 Å². The molecule has 1 saturated heterocycles. The molecular formula is C28H28FN7O3S. The number of amides is 1. The number of carbonyl (C=O) groups excluding carboxylic acids is 1. The van der Waals surface area contributed by atoms with E-state index >= 15 is 0 Å². The summed E-state index contributed by atoms with van der Waals surface area (Å²) in [6, 6.07) is 17.7. The Morgan fingerprint density at radius 3 is 2.58 bits per heavy atom. The monoisotopic (exact) mass is 561 g/mol. The lowest BCUT2D eigenvalue weighted by Gasteiger charge is -2.30. The van der Waals surface area contributed by atoms with Crippen molar-refractivity contribution < 1.29 is 18.9 Å². The van der Waals surface area contributed by atoms with E-state index in [2.05, 4.69) is 15.4 Å². The maximum atomic E-state index is 14.2. The van der Waals surface area contributed by atoms with Gasteiger partial charge in [-0.3, -0.25) is 4.79 Å². The van der Waals surface area contributed by atoms with E-state index in [1.807, 2.05) is 37.3 Å². The number of piperidine rings is 1. The highest BCUT2D eigenvalue weighted by Gasteiger charge is 2.28. The average Bonchev–Trinajstić information content (AvgIpc) is 3.58. The molecule has 6 rings (SSSR count). The van der Waals surface area contributed by atoms with Crippen molar-refractivity contribution in [3.8, 4) is 5.69 Å². The second kappa shape index (κ2) is 11.5. The first kappa shape index (κ1) is 27.3. The molecule has 0 aliphatic carbocycles. The van der Waals surface area contributed by atoms with Gasteiger partial charge in [-0.25, -0.2) is 27.1 Å². The minimum Gasteiger partial charge on any atom is -0.412 e. The molecule has 0 spiro atoms. The maximum absolute atomic E-state index is 14.2. The average molecular weight is 562 g/mol. The minimum atomic E-state index is -1.56. The molecule has 1 amide bonds. The molecule has 5 aromatic rings. The SMILES string of the molecule is Cc1ccc(-n2nc(C3CCN(S(=O)c4ccccc4F)CC3)cc2NC(=O)c2cnn3cccnc23)cc1.O. The van der Waals surface area contributed by atoms with Gasteiger partial charge in [-0.15, -0.1) is 0 Å². The summed E-state index contributed by atoms with van der Waals surface area (Å²) in [5, 5.41) is 12.1. The topological polar surface area (TPSA) is 129 Å². The zero-order chi connectivity index (χ0) is 26.9. The molecule has 1 fully saturated rings. The Bertz CT molecular complexity index is 1680. The first-order valence-electron chi connectivity index (χ1n) is 12.7. The highest BCUT2D eigenvalue weighted by Crippen LogP contribution is 2.32. The Morgan fingerprint density at radius 1 is 1.07 bits per heavy atom. The predicted molar refractivity (Wildman–Crippen MR) is 149 cm³/mol. The normalized spacial score (nSPS) is 15.1. The summed E-state index contributed by atoms with van der Waals surface area (Å²) >= 11 is 0. The molecule has 1 aliphatic rings. The fourth-order valence-electron chi connectivity index (χ4n) is 4.78. The van der Waals surface area contributed by atoms with Crippen molar-refractivity contribution in [3.63, 3.8) is 0 Å². The molecule has 0 saturated carbocycles. The molecule has 1 aliphatic heterocycles. The third kappa shape index (κ3) is 5.28. The van der Waals surface area contributed by atoms with Crippen LogP contribution in [0.3, 0.4) is 0 Å². The van der Waals surface area contributed by atoms with Crippen LogP contribution in [-0.2, 0) is 11.0 Å². The van der Waals surface area contributed by atoms with Crippen molar-refractivity contribution in [2.75, 3.05) is 18.4 Å². The van der Waals surface area contributed by atoms with Gasteiger partial charge >= 0.3 is 0 Å². The first-order valence-corrected chi connectivity index (χ1v) is 13.8. The first-order chi connectivity index (χ1) is 19.0. The minimum absolute atomic E-state index is 0. The number of hydrogen-bond acceptors (Lipinski definition) is 5. The number of benzene rings is 2. The largest absolute Gasteiger partial charge is 0.412 e. The molecule has 1 atom stereocenters. The van der Waals surface area contributed by atoms with Crippen LogP contribution in [-0.4, -0.2) is 57.4 Å². The highest BCUT2D eigenvalue weighted by molar-refractivity contribution is 7.82. The molecule has 1 unspecified atom stereocenters. The van der Waals surface area contributed by atoms with Crippen LogP contribution in [0.25, 0.3) is 11.3 Å². The zero-order valence-electron chi connectivity index (χ0n) is 21.7. The van der Waals surface area contributed by atoms with E-state index in [4.69, 9.17) is 5.10 Å². The van der Waals surface area contributed by atoms with E-state index in [0.29, 0.717) is 43.0 Å². The van der Waals surface area contributed by atoms with E-state index in [1.165, 1.54) is 12.3 Å². The van der Waals surface area contributed by atoms with Crippen LogP contribution in [0.4, 0.5) is 10.2 Å². The van der Waals surface area contributed by atoms with Crippen LogP contribution in [0, 0.1) is 12.7 Å². The molecule has 0 radical (unpaired) electrons. The van der Waals surface area contributed by atoms with Gasteiger partial charge in [0, 0.05) is 37.5 Å². The van der Waals surface area contributed by atoms with Gasteiger partial charge in [-0.1, -0.05) is 29.8 Å². The van der Waals surface area contributed by atoms with Gasteiger partial charge in [0.1, 0.15) is 28.2 Å². The molecule has 40 heavy (non-hydrogen) atoms. The molecule has 2 aromatic carbocycles. The predicted octanol–water partition coefficient (Wildman–Crippen LogP) is 3.69. The molecule has 10 nitrogen and oxygen atoms in total. The summed E-state index contributed by atoms with van der Waals surface area (Å²) in [6.07, 6.45) is 6.26. The number of rotatable bonds is 6. The molecule has 3 N–H and O–H groups in total. The van der Waals surface area contributed by atoms with E-state index in [-0.39, 0.29) is 22.2 Å². The fourth-order valence-corrected chi connectivity index (χ4v) is 6.04. The van der Waals surface area contributed by atoms with Gasteiger partial charge in [0.15, 0.2) is 5.65 Å². The van der Waals surface area contributed by atoms with Gasteiger partial charge in [0.05, 0.1) is 22.5 Å². The number of nitrogens with zero attached hydrogens (tertiary/aromatic N) is 6. The smallest absolute Gasteiger partial charge is 0.262 e. The summed E-state index contributed by atoms with van der Waals surface area (Å²) in [4.78, 5) is 17.8. The van der Waals surface area contributed by atoms with Gasteiger partial charge in [0.2, 0.25) is 0 Å². The molecule has 206 valence electrons. The summed E-state index contributed by atoms with van der Waals surface area (Å²) in [6.45, 7) is 3.09. The molecule has 4 heterocycles. The number of halogens is 1. The van der Waals surface area contributed by atoms with Gasteiger partial charge in [0.25, 0.3) is 5.91 Å². The number of nitrogens with one attached hydrogen (secondary N) is 1. The van der Waals surface area contributed by atoms with Crippen LogP contribution < -0.4 is 5.32 Å². The van der Waals surface area contributed by atoms with Gasteiger partial charge in [-0.2, -0.15) is 10.2 Å². The summed E-state index contributed by atoms with van der Waals surface area (Å²) in [5.74, 6) is -0.165. The lowest BCUT2D eigenvalue weighted by molar-refractivity contribution is 0.102. The number of aryl methyl sites for hydroxylation is 1. The Balaban J connectivity index is 0.00000323. The zero-order valence-corrected chi connectivity index (χ0v) is 22.5. The summed E-state index contributed by atoms with van der Waals surface area (Å²) < 4.78 is 32.2. The number of aromatic nitrogens is 5. The Labute approximate surface area is 232 Å². The Morgan fingerprint density at radius 2 is 1.82 bits per heavy atom. The van der Waals surface area contributed by atoms with E-state index in [0.717, 1.165) is 16.9 Å². The van der Waals surface area contributed by atoms with Crippen molar-refractivity contribution in [2.45, 2.75) is 30.6 Å². The lowest BCUT2D eigenvalue weighted by Crippen LogP contribution is -2.34. The van der Waals surface area contributed by atoms with Crippen LogP contribution in [0.2, 0.25) is 0 Å². The molecule has 12 heteroatoms. The maximum Gasteiger partial charge on any atom is 0.262 e. The van der Waals surface area contributed by atoms with Gasteiger partial charge in [-0.05, 0) is 50.1 Å². The molecular weight excluding hydrogens is 533 g/mol. The summed E-state index contributed by atoms with van der Waals surface area (Å²) in [5.41, 5.74) is 3.59. The third-order valence-corrected chi connectivity index (χ3v) is 8.45. The Hall–Kier alpha value is -4.26. The van der Waals surface area contributed by atoms with E-state index in [9.17, 15) is 13.4 Å². The highest BCUT2D eigenvalue weighted by atomic mass is 32.2. The molecule has 0 bridgehead atoms. The second-order valence-electron chi connectivity index (χ2n) is 9.48. The van der Waals surface area contributed by atoms with Crippen molar-refractivity contribution in [1.82, 2.24) is 28.7 Å². The third-order valence-electron chi connectivity index (χ3n) is 6.90. The van der Waals surface area contributed by atoms with Crippen LogP contribution >= 0.6 is 0 Å². The van der Waals surface area contributed by atoms with Gasteiger partial charge < -0.3 is 10.8 Å². The van der Waals surface area contributed by atoms with E-state index in [1.54, 1.807) is 50.2 Å². The lowest BCUT2D eigenvalue weighted by atomic mass is 9.95. The van der Waals surface area contributed by atoms with E-state index < -0.39 is 16.8 Å². The van der Waals surface area contributed by atoms with Crippen LogP contribution in [0.1, 0.15) is 40.4 Å². The van der Waals surface area contributed by atoms with Crippen molar-refractivity contribution in [2.24, 2.45) is 0 Å².